The second-order valence-electron chi connectivity index (χ2n) is 6.57. The number of aromatic nitrogens is 2. The van der Waals surface area contributed by atoms with E-state index in [9.17, 15) is 4.79 Å². The number of carbonyl (C=O) groups excluding carboxylic acids is 1. The molecule has 1 aliphatic carbocycles. The summed E-state index contributed by atoms with van der Waals surface area (Å²) < 4.78 is 10.9. The molecule has 1 atom stereocenters. The van der Waals surface area contributed by atoms with E-state index in [1.807, 2.05) is 31.2 Å². The Hall–Kier alpha value is -2.02. The molecule has 1 N–H and O–H groups in total. The fourth-order valence-corrected chi connectivity index (χ4v) is 3.78. The van der Waals surface area contributed by atoms with Crippen LogP contribution in [-0.4, -0.2) is 28.5 Å². The van der Waals surface area contributed by atoms with Crippen molar-refractivity contribution in [2.75, 3.05) is 7.11 Å². The van der Waals surface area contributed by atoms with Gasteiger partial charge in [-0.25, -0.2) is 0 Å². The Morgan fingerprint density at radius 2 is 2.00 bits per heavy atom. The van der Waals surface area contributed by atoms with E-state index < -0.39 is 0 Å². The van der Waals surface area contributed by atoms with Gasteiger partial charge in [0.25, 0.3) is 5.22 Å². The highest BCUT2D eigenvalue weighted by Crippen LogP contribution is 2.33. The quantitative estimate of drug-likeness (QED) is 0.739. The minimum atomic E-state index is -0.298. The topological polar surface area (TPSA) is 77.2 Å². The van der Waals surface area contributed by atoms with Gasteiger partial charge in [0.05, 0.1) is 12.4 Å². The van der Waals surface area contributed by atoms with Crippen LogP contribution in [0.25, 0.3) is 0 Å². The molecular formula is C19H25N3O3S. The third kappa shape index (κ3) is 5.00. The molecule has 1 saturated carbocycles. The first-order valence-electron chi connectivity index (χ1n) is 9.06. The molecule has 0 aliphatic heterocycles. The first-order valence-corrected chi connectivity index (χ1v) is 9.94. The van der Waals surface area contributed by atoms with Gasteiger partial charge in [-0.3, -0.25) is 4.79 Å². The van der Waals surface area contributed by atoms with E-state index in [4.69, 9.17) is 9.15 Å². The summed E-state index contributed by atoms with van der Waals surface area (Å²) in [5.74, 6) is 1.85. The molecule has 2 aromatic rings. The third-order valence-corrected chi connectivity index (χ3v) is 5.58. The highest BCUT2D eigenvalue weighted by atomic mass is 32.2. The predicted octanol–water partition coefficient (Wildman–Crippen LogP) is 3.92. The predicted molar refractivity (Wildman–Crippen MR) is 100 cm³/mol. The summed E-state index contributed by atoms with van der Waals surface area (Å²) in [6.07, 6.45) is 5.96. The molecule has 7 heteroatoms. The summed E-state index contributed by atoms with van der Waals surface area (Å²) in [5.41, 5.74) is 1.02. The van der Waals surface area contributed by atoms with Crippen LogP contribution in [0.4, 0.5) is 0 Å². The van der Waals surface area contributed by atoms with Crippen LogP contribution < -0.4 is 10.1 Å². The van der Waals surface area contributed by atoms with E-state index in [1.165, 1.54) is 31.0 Å². The summed E-state index contributed by atoms with van der Waals surface area (Å²) in [6.45, 7) is 2.32. The van der Waals surface area contributed by atoms with E-state index in [0.29, 0.717) is 17.7 Å². The molecule has 0 spiro atoms. The van der Waals surface area contributed by atoms with E-state index in [2.05, 4.69) is 15.5 Å². The molecule has 0 bridgehead atoms. The van der Waals surface area contributed by atoms with Crippen molar-refractivity contribution in [1.82, 2.24) is 15.5 Å². The summed E-state index contributed by atoms with van der Waals surface area (Å²) in [7, 11) is 1.63. The van der Waals surface area contributed by atoms with Crippen molar-refractivity contribution in [3.05, 3.63) is 35.7 Å². The Morgan fingerprint density at radius 1 is 1.27 bits per heavy atom. The van der Waals surface area contributed by atoms with Crippen LogP contribution in [0.1, 0.15) is 56.4 Å². The monoisotopic (exact) mass is 375 g/mol. The van der Waals surface area contributed by atoms with E-state index >= 15 is 0 Å². The zero-order valence-electron chi connectivity index (χ0n) is 15.2. The third-order valence-electron chi connectivity index (χ3n) is 4.65. The van der Waals surface area contributed by atoms with E-state index in [-0.39, 0.29) is 11.2 Å². The van der Waals surface area contributed by atoms with Gasteiger partial charge in [0.1, 0.15) is 5.75 Å². The molecule has 1 aliphatic rings. The molecule has 1 unspecified atom stereocenters. The maximum atomic E-state index is 12.3. The summed E-state index contributed by atoms with van der Waals surface area (Å²) in [6, 6.07) is 7.63. The van der Waals surface area contributed by atoms with Crippen LogP contribution in [-0.2, 0) is 11.3 Å². The Labute approximate surface area is 158 Å². The minimum Gasteiger partial charge on any atom is -0.497 e. The van der Waals surface area contributed by atoms with Crippen LogP contribution in [0.15, 0.2) is 33.9 Å². The number of rotatable bonds is 7. The smallest absolute Gasteiger partial charge is 0.277 e. The number of nitrogens with zero attached hydrogens (tertiary/aromatic N) is 2. The summed E-state index contributed by atoms with van der Waals surface area (Å²) >= 11 is 1.31. The minimum absolute atomic E-state index is 0.0526. The van der Waals surface area contributed by atoms with E-state index in [1.54, 1.807) is 7.11 Å². The zero-order chi connectivity index (χ0) is 18.4. The SMILES string of the molecule is COc1ccc(CNC(=O)C(C)Sc2nnc(C3CCCCC3)o2)cc1. The number of amides is 1. The maximum absolute atomic E-state index is 12.3. The number of hydrogen-bond donors (Lipinski definition) is 1. The van der Waals surface area contributed by atoms with Crippen molar-refractivity contribution in [2.24, 2.45) is 0 Å². The van der Waals surface area contributed by atoms with E-state index in [0.717, 1.165) is 30.0 Å². The largest absolute Gasteiger partial charge is 0.497 e. The van der Waals surface area contributed by atoms with Gasteiger partial charge in [-0.1, -0.05) is 43.2 Å². The second-order valence-corrected chi connectivity index (χ2v) is 7.86. The van der Waals surface area contributed by atoms with Gasteiger partial charge in [-0.15, -0.1) is 10.2 Å². The van der Waals surface area contributed by atoms with Crippen LogP contribution in [0.5, 0.6) is 5.75 Å². The number of nitrogens with one attached hydrogen (secondary N) is 1. The molecule has 3 rings (SSSR count). The standard InChI is InChI=1S/C19H25N3O3S/c1-13(17(23)20-12-14-8-10-16(24-2)11-9-14)26-19-22-21-18(25-19)15-6-4-3-5-7-15/h8-11,13,15H,3-7,12H2,1-2H3,(H,20,23). The Balaban J connectivity index is 1.48. The van der Waals surface area contributed by atoms with Crippen molar-refractivity contribution in [3.63, 3.8) is 0 Å². The van der Waals surface area contributed by atoms with Crippen molar-refractivity contribution in [3.8, 4) is 5.75 Å². The summed E-state index contributed by atoms with van der Waals surface area (Å²) in [4.78, 5) is 12.3. The number of hydrogen-bond acceptors (Lipinski definition) is 6. The second kappa shape index (κ2) is 9.07. The number of carbonyl (C=O) groups is 1. The van der Waals surface area contributed by atoms with Crippen molar-refractivity contribution in [2.45, 2.75) is 62.0 Å². The lowest BCUT2D eigenvalue weighted by molar-refractivity contribution is -0.120. The molecule has 1 aromatic heterocycles. The van der Waals surface area contributed by atoms with Crippen LogP contribution in [0.2, 0.25) is 0 Å². The van der Waals surface area contributed by atoms with Crippen molar-refractivity contribution < 1.29 is 13.9 Å². The number of ether oxygens (including phenoxy) is 1. The Bertz CT molecular complexity index is 711. The van der Waals surface area contributed by atoms with Crippen LogP contribution in [0, 0.1) is 0 Å². The van der Waals surface area contributed by atoms with Gasteiger partial charge >= 0.3 is 0 Å². The van der Waals surface area contributed by atoms with Gasteiger partial charge < -0.3 is 14.5 Å². The highest BCUT2D eigenvalue weighted by molar-refractivity contribution is 8.00. The van der Waals surface area contributed by atoms with Crippen LogP contribution in [0.3, 0.4) is 0 Å². The fourth-order valence-electron chi connectivity index (χ4n) is 3.06. The molecule has 26 heavy (non-hydrogen) atoms. The Morgan fingerprint density at radius 3 is 2.69 bits per heavy atom. The fraction of sp³-hybridized carbons (Fsp3) is 0.526. The van der Waals surface area contributed by atoms with Crippen LogP contribution >= 0.6 is 11.8 Å². The Kier molecular flexibility index (Phi) is 6.55. The van der Waals surface area contributed by atoms with Gasteiger partial charge in [0, 0.05) is 12.5 Å². The molecular weight excluding hydrogens is 350 g/mol. The zero-order valence-corrected chi connectivity index (χ0v) is 16.1. The number of methoxy groups -OCH3 is 1. The lowest BCUT2D eigenvalue weighted by Gasteiger charge is -2.17. The lowest BCUT2D eigenvalue weighted by Crippen LogP contribution is -2.30. The molecule has 1 amide bonds. The average Bonchev–Trinajstić information content (AvgIpc) is 3.15. The molecule has 0 saturated heterocycles. The number of thioether (sulfide) groups is 1. The van der Waals surface area contributed by atoms with Gasteiger partial charge in [0.15, 0.2) is 0 Å². The first-order chi connectivity index (χ1) is 12.7. The average molecular weight is 375 g/mol. The summed E-state index contributed by atoms with van der Waals surface area (Å²) in [5, 5.41) is 11.4. The number of benzene rings is 1. The van der Waals surface area contributed by atoms with Gasteiger partial charge in [-0.05, 0) is 37.5 Å². The molecule has 140 valence electrons. The maximum Gasteiger partial charge on any atom is 0.277 e. The normalized spacial score (nSPS) is 16.2. The molecule has 1 heterocycles. The highest BCUT2D eigenvalue weighted by Gasteiger charge is 2.23. The lowest BCUT2D eigenvalue weighted by atomic mass is 9.89. The van der Waals surface area contributed by atoms with Crippen molar-refractivity contribution >= 4 is 17.7 Å². The molecule has 0 radical (unpaired) electrons. The molecule has 1 aromatic carbocycles. The molecule has 1 fully saturated rings. The molecule has 6 nitrogen and oxygen atoms in total. The van der Waals surface area contributed by atoms with Gasteiger partial charge in [-0.2, -0.15) is 0 Å². The van der Waals surface area contributed by atoms with Gasteiger partial charge in [0.2, 0.25) is 11.8 Å². The first kappa shape index (κ1) is 18.8. The van der Waals surface area contributed by atoms with Crippen molar-refractivity contribution in [1.29, 1.82) is 0 Å².